The summed E-state index contributed by atoms with van der Waals surface area (Å²) in [7, 11) is 0. The van der Waals surface area contributed by atoms with Gasteiger partial charge in [-0.2, -0.15) is 12.6 Å². The van der Waals surface area contributed by atoms with E-state index in [1.54, 1.807) is 25.1 Å². The van der Waals surface area contributed by atoms with E-state index < -0.39 is 0 Å². The smallest absolute Gasteiger partial charge is 0.341 e. The molecule has 0 saturated carbocycles. The maximum atomic E-state index is 11.9. The lowest BCUT2D eigenvalue weighted by molar-refractivity contribution is 0.0519. The molecule has 0 aliphatic rings. The van der Waals surface area contributed by atoms with Crippen LogP contribution in [0.25, 0.3) is 0 Å². The summed E-state index contributed by atoms with van der Waals surface area (Å²) in [5, 5.41) is 0. The number of thiol groups is 1. The van der Waals surface area contributed by atoms with Crippen LogP contribution < -0.4 is 4.74 Å². The maximum absolute atomic E-state index is 11.9. The molecule has 1 rings (SSSR count). The number of rotatable bonds is 6. The third-order valence-electron chi connectivity index (χ3n) is 3.27. The molecule has 4 heteroatoms. The minimum atomic E-state index is -0.346. The van der Waals surface area contributed by atoms with Crippen LogP contribution in [-0.2, 0) is 4.74 Å². The van der Waals surface area contributed by atoms with E-state index >= 15 is 0 Å². The van der Waals surface area contributed by atoms with Crippen LogP contribution in [0.3, 0.4) is 0 Å². The molecule has 112 valence electrons. The Labute approximate surface area is 127 Å². The van der Waals surface area contributed by atoms with Crippen molar-refractivity contribution in [2.24, 2.45) is 11.3 Å². The summed E-state index contributed by atoms with van der Waals surface area (Å²) in [6.07, 6.45) is 0. The Balaban J connectivity index is 2.80. The Morgan fingerprint density at radius 1 is 1.30 bits per heavy atom. The first-order valence-electron chi connectivity index (χ1n) is 6.90. The Bertz CT molecular complexity index is 438. The highest BCUT2D eigenvalue weighted by Gasteiger charge is 2.24. The molecule has 0 radical (unpaired) electrons. The zero-order valence-electron chi connectivity index (χ0n) is 12.7. The summed E-state index contributed by atoms with van der Waals surface area (Å²) < 4.78 is 10.9. The van der Waals surface area contributed by atoms with Crippen molar-refractivity contribution in [1.82, 2.24) is 0 Å². The molecule has 0 heterocycles. The molecule has 0 aliphatic carbocycles. The zero-order valence-corrected chi connectivity index (χ0v) is 13.6. The third-order valence-corrected chi connectivity index (χ3v) is 3.71. The van der Waals surface area contributed by atoms with Crippen LogP contribution in [-0.4, -0.2) is 24.9 Å². The van der Waals surface area contributed by atoms with Crippen molar-refractivity contribution in [1.29, 1.82) is 0 Å². The second-order valence-electron chi connectivity index (χ2n) is 5.77. The zero-order chi connectivity index (χ0) is 15.2. The summed E-state index contributed by atoms with van der Waals surface area (Å²) >= 11 is 4.38. The average Bonchev–Trinajstić information content (AvgIpc) is 2.38. The average molecular weight is 296 g/mol. The molecule has 0 amide bonds. The highest BCUT2D eigenvalue weighted by atomic mass is 32.1. The number of para-hydroxylation sites is 1. The van der Waals surface area contributed by atoms with Gasteiger partial charge >= 0.3 is 5.97 Å². The fourth-order valence-corrected chi connectivity index (χ4v) is 2.39. The van der Waals surface area contributed by atoms with Crippen LogP contribution in [0.1, 0.15) is 38.1 Å². The molecule has 1 aromatic rings. The molecule has 3 nitrogen and oxygen atoms in total. The van der Waals surface area contributed by atoms with Crippen molar-refractivity contribution in [2.45, 2.75) is 27.7 Å². The number of carbonyl (C=O) groups excluding carboxylic acids is 1. The number of esters is 1. The third kappa shape index (κ3) is 4.75. The lowest BCUT2D eigenvalue weighted by Crippen LogP contribution is -2.28. The van der Waals surface area contributed by atoms with Gasteiger partial charge in [0, 0.05) is 5.92 Å². The van der Waals surface area contributed by atoms with E-state index in [4.69, 9.17) is 9.47 Å². The normalized spacial score (nSPS) is 12.8. The molecule has 0 N–H and O–H groups in total. The molecule has 1 atom stereocenters. The van der Waals surface area contributed by atoms with Gasteiger partial charge in [-0.15, -0.1) is 0 Å². The minimum absolute atomic E-state index is 0.112. The van der Waals surface area contributed by atoms with E-state index in [1.807, 2.05) is 6.07 Å². The Morgan fingerprint density at radius 3 is 2.50 bits per heavy atom. The van der Waals surface area contributed by atoms with Gasteiger partial charge in [-0.1, -0.05) is 32.9 Å². The summed E-state index contributed by atoms with van der Waals surface area (Å²) in [6, 6.07) is 7.18. The monoisotopic (exact) mass is 296 g/mol. The molecule has 1 aromatic carbocycles. The molecular weight excluding hydrogens is 272 g/mol. The molecule has 0 spiro atoms. The van der Waals surface area contributed by atoms with Crippen LogP contribution in [0.5, 0.6) is 5.75 Å². The quantitative estimate of drug-likeness (QED) is 0.640. The molecule has 0 bridgehead atoms. The first-order chi connectivity index (χ1) is 9.40. The molecule has 1 unspecified atom stereocenters. The van der Waals surface area contributed by atoms with Crippen LogP contribution >= 0.6 is 12.6 Å². The number of hydrogen-bond donors (Lipinski definition) is 1. The Morgan fingerprint density at radius 2 is 1.95 bits per heavy atom. The molecule has 0 aromatic heterocycles. The topological polar surface area (TPSA) is 35.5 Å². The lowest BCUT2D eigenvalue weighted by atomic mass is 9.82. The van der Waals surface area contributed by atoms with Crippen LogP contribution in [0.2, 0.25) is 0 Å². The number of ether oxygens (including phenoxy) is 2. The van der Waals surface area contributed by atoms with Crippen molar-refractivity contribution >= 4 is 18.6 Å². The van der Waals surface area contributed by atoms with Gasteiger partial charge in [-0.25, -0.2) is 4.79 Å². The minimum Gasteiger partial charge on any atom is -0.492 e. The van der Waals surface area contributed by atoms with Crippen molar-refractivity contribution < 1.29 is 14.3 Å². The van der Waals surface area contributed by atoms with Crippen molar-refractivity contribution in [2.75, 3.05) is 19.0 Å². The van der Waals surface area contributed by atoms with E-state index in [0.717, 1.165) is 5.75 Å². The number of hydrogen-bond acceptors (Lipinski definition) is 4. The first kappa shape index (κ1) is 16.9. The summed E-state index contributed by atoms with van der Waals surface area (Å²) in [6.45, 7) is 9.16. The summed E-state index contributed by atoms with van der Waals surface area (Å²) in [4.78, 5) is 11.9. The maximum Gasteiger partial charge on any atom is 0.341 e. The number of carbonyl (C=O) groups is 1. The SMILES string of the molecule is CCOC(=O)c1ccccc1OCC(CS)C(C)(C)C. The van der Waals surface area contributed by atoms with Gasteiger partial charge in [-0.05, 0) is 30.2 Å². The predicted molar refractivity (Wildman–Crippen MR) is 84.7 cm³/mol. The molecular formula is C16H24O3S. The summed E-state index contributed by atoms with van der Waals surface area (Å²) in [5.74, 6) is 1.27. The van der Waals surface area contributed by atoms with Crippen LogP contribution in [0, 0.1) is 11.3 Å². The molecule has 20 heavy (non-hydrogen) atoms. The van der Waals surface area contributed by atoms with Gasteiger partial charge in [0.25, 0.3) is 0 Å². The van der Waals surface area contributed by atoms with E-state index in [9.17, 15) is 4.79 Å². The highest BCUT2D eigenvalue weighted by Crippen LogP contribution is 2.28. The van der Waals surface area contributed by atoms with Crippen molar-refractivity contribution in [3.05, 3.63) is 29.8 Å². The largest absolute Gasteiger partial charge is 0.492 e. The fraction of sp³-hybridized carbons (Fsp3) is 0.562. The second-order valence-corrected chi connectivity index (χ2v) is 6.14. The van der Waals surface area contributed by atoms with Crippen LogP contribution in [0.15, 0.2) is 24.3 Å². The van der Waals surface area contributed by atoms with E-state index in [-0.39, 0.29) is 11.4 Å². The molecule has 0 saturated heterocycles. The van der Waals surface area contributed by atoms with E-state index in [1.165, 1.54) is 0 Å². The molecule has 0 fully saturated rings. The molecule has 0 aliphatic heterocycles. The Kier molecular flexibility index (Phi) is 6.40. The van der Waals surface area contributed by atoms with Crippen LogP contribution in [0.4, 0.5) is 0 Å². The van der Waals surface area contributed by atoms with Gasteiger partial charge in [-0.3, -0.25) is 0 Å². The Hall–Kier alpha value is -1.16. The van der Waals surface area contributed by atoms with E-state index in [0.29, 0.717) is 30.4 Å². The highest BCUT2D eigenvalue weighted by molar-refractivity contribution is 7.80. The van der Waals surface area contributed by atoms with Gasteiger partial charge in [0.05, 0.1) is 13.2 Å². The summed E-state index contributed by atoms with van der Waals surface area (Å²) in [5.41, 5.74) is 0.585. The predicted octanol–water partition coefficient (Wildman–Crippen LogP) is 3.83. The van der Waals surface area contributed by atoms with E-state index in [2.05, 4.69) is 33.4 Å². The van der Waals surface area contributed by atoms with Crippen molar-refractivity contribution in [3.63, 3.8) is 0 Å². The fourth-order valence-electron chi connectivity index (χ4n) is 1.74. The lowest BCUT2D eigenvalue weighted by Gasteiger charge is -2.29. The second kappa shape index (κ2) is 7.58. The van der Waals surface area contributed by atoms with Gasteiger partial charge in [0.15, 0.2) is 0 Å². The standard InChI is InChI=1S/C16H24O3S/c1-5-18-15(17)13-8-6-7-9-14(13)19-10-12(11-20)16(2,3)4/h6-9,12,20H,5,10-11H2,1-4H3. The first-order valence-corrected chi connectivity index (χ1v) is 7.53. The van der Waals surface area contributed by atoms with Gasteiger partial charge in [0.1, 0.15) is 11.3 Å². The van der Waals surface area contributed by atoms with Gasteiger partial charge < -0.3 is 9.47 Å². The number of benzene rings is 1. The van der Waals surface area contributed by atoms with Crippen molar-refractivity contribution in [3.8, 4) is 5.75 Å². The van der Waals surface area contributed by atoms with Gasteiger partial charge in [0.2, 0.25) is 0 Å².